The number of aryl methyl sites for hydroxylation is 1. The minimum atomic E-state index is -0.262. The number of nitrogens with one attached hydrogen (secondary N) is 2. The quantitative estimate of drug-likeness (QED) is 0.805. The van der Waals surface area contributed by atoms with Crippen molar-refractivity contribution in [3.63, 3.8) is 0 Å². The van der Waals surface area contributed by atoms with Crippen LogP contribution in [0.4, 0.5) is 10.7 Å². The van der Waals surface area contributed by atoms with Crippen molar-refractivity contribution in [1.82, 2.24) is 20.2 Å². The molecule has 0 aliphatic carbocycles. The molecule has 144 valence electrons. The first-order valence-corrected chi connectivity index (χ1v) is 9.27. The molecule has 2 amide bonds. The fraction of sp³-hybridized carbons (Fsp3) is 0.667. The van der Waals surface area contributed by atoms with Gasteiger partial charge in [0.25, 0.3) is 5.91 Å². The largest absolute Gasteiger partial charge is 0.450 e. The maximum absolute atomic E-state index is 12.3. The monoisotopic (exact) mass is 363 g/mol. The molecule has 1 fully saturated rings. The third kappa shape index (κ3) is 5.57. The van der Waals surface area contributed by atoms with Gasteiger partial charge in [0.15, 0.2) is 0 Å². The molecule has 0 bridgehead atoms. The highest BCUT2D eigenvalue weighted by Crippen LogP contribution is 2.16. The van der Waals surface area contributed by atoms with E-state index in [1.807, 2.05) is 20.8 Å². The molecule has 2 N–H and O–H groups in total. The molecule has 1 aliphatic heterocycles. The molecule has 1 aromatic heterocycles. The van der Waals surface area contributed by atoms with Gasteiger partial charge in [-0.2, -0.15) is 0 Å². The predicted octanol–water partition coefficient (Wildman–Crippen LogP) is 2.35. The molecule has 1 saturated heterocycles. The van der Waals surface area contributed by atoms with Crippen LogP contribution in [0.25, 0.3) is 0 Å². The van der Waals surface area contributed by atoms with E-state index in [0.29, 0.717) is 31.3 Å². The first-order valence-electron chi connectivity index (χ1n) is 9.27. The summed E-state index contributed by atoms with van der Waals surface area (Å²) in [6.07, 6.45) is 2.16. The van der Waals surface area contributed by atoms with Crippen LogP contribution in [-0.2, 0) is 4.74 Å². The summed E-state index contributed by atoms with van der Waals surface area (Å²) in [6.45, 7) is 9.27. The van der Waals surface area contributed by atoms with E-state index >= 15 is 0 Å². The number of likely N-dealkylation sites (tertiary alicyclic amines) is 1. The normalized spacial score (nSPS) is 16.1. The second-order valence-electron chi connectivity index (χ2n) is 6.61. The predicted molar refractivity (Wildman–Crippen MR) is 99.2 cm³/mol. The summed E-state index contributed by atoms with van der Waals surface area (Å²) in [7, 11) is 0. The van der Waals surface area contributed by atoms with E-state index in [0.717, 1.165) is 25.0 Å². The Hall–Kier alpha value is -2.38. The van der Waals surface area contributed by atoms with Gasteiger partial charge in [0.05, 0.1) is 6.61 Å². The Morgan fingerprint density at radius 2 is 2.00 bits per heavy atom. The van der Waals surface area contributed by atoms with E-state index in [-0.39, 0.29) is 24.1 Å². The summed E-state index contributed by atoms with van der Waals surface area (Å²) in [5, 5.41) is 6.21. The maximum Gasteiger partial charge on any atom is 0.409 e. The topological polar surface area (TPSA) is 96.5 Å². The van der Waals surface area contributed by atoms with Gasteiger partial charge in [-0.25, -0.2) is 14.8 Å². The molecule has 0 aromatic carbocycles. The van der Waals surface area contributed by atoms with Crippen molar-refractivity contribution in [3.8, 4) is 0 Å². The summed E-state index contributed by atoms with van der Waals surface area (Å²) in [5.41, 5.74) is 1.10. The highest BCUT2D eigenvalue weighted by Gasteiger charge is 2.24. The van der Waals surface area contributed by atoms with Gasteiger partial charge in [-0.05, 0) is 46.1 Å². The van der Waals surface area contributed by atoms with Crippen LogP contribution in [0.15, 0.2) is 6.07 Å². The van der Waals surface area contributed by atoms with Crippen LogP contribution >= 0.6 is 0 Å². The Bertz CT molecular complexity index is 629. The van der Waals surface area contributed by atoms with E-state index in [1.54, 1.807) is 17.9 Å². The number of nitrogens with zero attached hydrogens (tertiary/aromatic N) is 3. The van der Waals surface area contributed by atoms with Crippen LogP contribution < -0.4 is 10.6 Å². The number of hydrogen-bond acceptors (Lipinski definition) is 6. The number of hydrogen-bond donors (Lipinski definition) is 2. The number of piperidine rings is 1. The highest BCUT2D eigenvalue weighted by atomic mass is 16.6. The fourth-order valence-electron chi connectivity index (χ4n) is 2.75. The van der Waals surface area contributed by atoms with Gasteiger partial charge in [-0.1, -0.05) is 6.92 Å². The van der Waals surface area contributed by atoms with E-state index in [1.165, 1.54) is 0 Å². The zero-order valence-corrected chi connectivity index (χ0v) is 16.0. The van der Waals surface area contributed by atoms with Crippen molar-refractivity contribution >= 4 is 17.9 Å². The van der Waals surface area contributed by atoms with Crippen LogP contribution in [0.5, 0.6) is 0 Å². The van der Waals surface area contributed by atoms with Crippen LogP contribution in [0.1, 0.15) is 56.2 Å². The smallest absolute Gasteiger partial charge is 0.409 e. The molecule has 8 nitrogen and oxygen atoms in total. The van der Waals surface area contributed by atoms with E-state index in [4.69, 9.17) is 4.74 Å². The molecule has 1 atom stereocenters. The van der Waals surface area contributed by atoms with Gasteiger partial charge in [0.2, 0.25) is 5.95 Å². The van der Waals surface area contributed by atoms with Crippen LogP contribution in [0.2, 0.25) is 0 Å². The first-order chi connectivity index (χ1) is 12.4. The van der Waals surface area contributed by atoms with Gasteiger partial charge in [-0.15, -0.1) is 0 Å². The minimum Gasteiger partial charge on any atom is -0.450 e. The molecule has 1 aromatic rings. The number of ether oxygens (including phenoxy) is 1. The Kier molecular flexibility index (Phi) is 7.17. The zero-order chi connectivity index (χ0) is 19.1. The Balaban J connectivity index is 1.96. The minimum absolute atomic E-state index is 0.0985. The molecular formula is C18H29N5O3. The van der Waals surface area contributed by atoms with Crippen molar-refractivity contribution in [2.75, 3.05) is 25.0 Å². The van der Waals surface area contributed by atoms with Crippen molar-refractivity contribution in [3.05, 3.63) is 17.5 Å². The average Bonchev–Trinajstić information content (AvgIpc) is 2.61. The van der Waals surface area contributed by atoms with Crippen molar-refractivity contribution in [2.24, 2.45) is 0 Å². The molecule has 1 aliphatic rings. The van der Waals surface area contributed by atoms with Gasteiger partial charge in [0, 0.05) is 30.9 Å². The van der Waals surface area contributed by atoms with Crippen LogP contribution in [-0.4, -0.2) is 58.6 Å². The van der Waals surface area contributed by atoms with E-state index < -0.39 is 0 Å². The summed E-state index contributed by atoms with van der Waals surface area (Å²) in [6, 6.07) is 1.95. The molecule has 8 heteroatoms. The summed E-state index contributed by atoms with van der Waals surface area (Å²) >= 11 is 0. The number of anilines is 1. The molecule has 0 spiro atoms. The summed E-state index contributed by atoms with van der Waals surface area (Å²) < 4.78 is 5.03. The third-order valence-corrected chi connectivity index (χ3v) is 4.43. The molecule has 2 rings (SSSR count). The lowest BCUT2D eigenvalue weighted by Crippen LogP contribution is -2.42. The molecule has 0 saturated carbocycles. The van der Waals surface area contributed by atoms with Crippen molar-refractivity contribution in [1.29, 1.82) is 0 Å². The SMILES string of the molecule is CCOC(=O)N1CCC(Nc2nc(C)cc(C(=O)NC(C)CC)n2)CC1. The third-order valence-electron chi connectivity index (χ3n) is 4.43. The highest BCUT2D eigenvalue weighted by molar-refractivity contribution is 5.92. The van der Waals surface area contributed by atoms with Crippen LogP contribution in [0, 0.1) is 6.92 Å². The zero-order valence-electron chi connectivity index (χ0n) is 16.0. The standard InChI is InChI=1S/C18H29N5O3/c1-5-12(3)19-16(24)15-11-13(4)20-17(22-15)21-14-7-9-23(10-8-14)18(25)26-6-2/h11-12,14H,5-10H2,1-4H3,(H,19,24)(H,20,21,22). The Morgan fingerprint density at radius 1 is 1.31 bits per heavy atom. The molecule has 0 radical (unpaired) electrons. The van der Waals surface area contributed by atoms with E-state index in [2.05, 4.69) is 20.6 Å². The van der Waals surface area contributed by atoms with Crippen LogP contribution in [0.3, 0.4) is 0 Å². The Labute approximate surface area is 154 Å². The van der Waals surface area contributed by atoms with E-state index in [9.17, 15) is 9.59 Å². The molecule has 26 heavy (non-hydrogen) atoms. The van der Waals surface area contributed by atoms with Crippen molar-refractivity contribution < 1.29 is 14.3 Å². The second kappa shape index (κ2) is 9.35. The lowest BCUT2D eigenvalue weighted by Gasteiger charge is -2.31. The average molecular weight is 363 g/mol. The van der Waals surface area contributed by atoms with Gasteiger partial charge in [0.1, 0.15) is 5.69 Å². The molecular weight excluding hydrogens is 334 g/mol. The van der Waals surface area contributed by atoms with Gasteiger partial charge < -0.3 is 20.3 Å². The molecule has 2 heterocycles. The fourth-order valence-corrected chi connectivity index (χ4v) is 2.75. The number of carbonyl (C=O) groups excluding carboxylic acids is 2. The number of carbonyl (C=O) groups is 2. The first kappa shape index (κ1) is 19.9. The summed E-state index contributed by atoms with van der Waals surface area (Å²) in [5.74, 6) is 0.263. The second-order valence-corrected chi connectivity index (χ2v) is 6.61. The lowest BCUT2D eigenvalue weighted by atomic mass is 10.1. The molecule has 1 unspecified atom stereocenters. The van der Waals surface area contributed by atoms with Gasteiger partial charge in [-0.3, -0.25) is 4.79 Å². The van der Waals surface area contributed by atoms with Gasteiger partial charge >= 0.3 is 6.09 Å². The number of rotatable bonds is 6. The number of amides is 2. The maximum atomic E-state index is 12.3. The van der Waals surface area contributed by atoms with Crippen molar-refractivity contribution in [2.45, 2.75) is 59.0 Å². The number of aromatic nitrogens is 2. The lowest BCUT2D eigenvalue weighted by molar-refractivity contribution is 0.0932. The Morgan fingerprint density at radius 3 is 2.62 bits per heavy atom. The summed E-state index contributed by atoms with van der Waals surface area (Å²) in [4.78, 5) is 34.5.